The zero-order chi connectivity index (χ0) is 24.7. The largest absolute Gasteiger partial charge is 0.454 e. The molecule has 1 aliphatic heterocycles. The SMILES string of the molecule is CCCCn1c(CCN(Cc2ccccc2)Cc2ccc3c(c2)OCO3)cnc1-c1ccc(F)cc1. The Labute approximate surface area is 212 Å². The molecule has 0 spiro atoms. The highest BCUT2D eigenvalue weighted by molar-refractivity contribution is 5.56. The number of hydrogen-bond donors (Lipinski definition) is 0. The lowest BCUT2D eigenvalue weighted by Gasteiger charge is -2.23. The van der Waals surface area contributed by atoms with Gasteiger partial charge in [-0.25, -0.2) is 9.37 Å². The first kappa shape index (κ1) is 24.1. The number of hydrogen-bond acceptors (Lipinski definition) is 4. The number of fused-ring (bicyclic) bond motifs is 1. The van der Waals surface area contributed by atoms with Crippen LogP contribution in [-0.2, 0) is 26.1 Å². The van der Waals surface area contributed by atoms with E-state index >= 15 is 0 Å². The van der Waals surface area contributed by atoms with Crippen molar-refractivity contribution < 1.29 is 13.9 Å². The van der Waals surface area contributed by atoms with Gasteiger partial charge >= 0.3 is 0 Å². The average Bonchev–Trinajstić information content (AvgIpc) is 3.53. The van der Waals surface area contributed by atoms with Crippen LogP contribution in [0.4, 0.5) is 4.39 Å². The molecule has 0 radical (unpaired) electrons. The molecule has 186 valence electrons. The fourth-order valence-corrected chi connectivity index (χ4v) is 4.63. The van der Waals surface area contributed by atoms with Crippen molar-refractivity contribution in [2.24, 2.45) is 0 Å². The zero-order valence-electron chi connectivity index (χ0n) is 20.7. The molecule has 0 unspecified atom stereocenters. The van der Waals surface area contributed by atoms with Gasteiger partial charge in [0.25, 0.3) is 0 Å². The molecule has 4 aromatic rings. The summed E-state index contributed by atoms with van der Waals surface area (Å²) in [5.74, 6) is 2.30. The number of unbranched alkanes of at least 4 members (excludes halogenated alkanes) is 1. The molecule has 0 atom stereocenters. The van der Waals surface area contributed by atoms with E-state index in [2.05, 4.69) is 58.9 Å². The second-order valence-electron chi connectivity index (χ2n) is 9.22. The Bertz CT molecular complexity index is 1270. The fourth-order valence-electron chi connectivity index (χ4n) is 4.63. The molecular weight excluding hydrogens is 453 g/mol. The molecule has 5 rings (SSSR count). The molecule has 0 fully saturated rings. The van der Waals surface area contributed by atoms with Crippen LogP contribution in [-0.4, -0.2) is 27.8 Å². The van der Waals surface area contributed by atoms with Gasteiger partial charge < -0.3 is 14.0 Å². The number of aromatic nitrogens is 2. The van der Waals surface area contributed by atoms with Gasteiger partial charge in [0.15, 0.2) is 11.5 Å². The maximum atomic E-state index is 13.5. The molecule has 6 heteroatoms. The van der Waals surface area contributed by atoms with E-state index in [1.165, 1.54) is 29.0 Å². The van der Waals surface area contributed by atoms with Crippen LogP contribution in [0, 0.1) is 5.82 Å². The summed E-state index contributed by atoms with van der Waals surface area (Å²) in [5.41, 5.74) is 4.62. The highest BCUT2D eigenvalue weighted by Crippen LogP contribution is 2.33. The van der Waals surface area contributed by atoms with Gasteiger partial charge in [-0.15, -0.1) is 0 Å². The van der Waals surface area contributed by atoms with Crippen LogP contribution < -0.4 is 9.47 Å². The number of benzene rings is 3. The molecule has 0 saturated carbocycles. The summed E-state index contributed by atoms with van der Waals surface area (Å²) in [6.07, 6.45) is 5.03. The Hall–Kier alpha value is -3.64. The van der Waals surface area contributed by atoms with Gasteiger partial charge in [0.1, 0.15) is 11.6 Å². The zero-order valence-corrected chi connectivity index (χ0v) is 20.7. The summed E-state index contributed by atoms with van der Waals surface area (Å²) < 4.78 is 26.9. The van der Waals surface area contributed by atoms with Crippen molar-refractivity contribution in [2.45, 2.75) is 45.8 Å². The summed E-state index contributed by atoms with van der Waals surface area (Å²) in [7, 11) is 0. The van der Waals surface area contributed by atoms with Crippen molar-refractivity contribution in [1.29, 1.82) is 0 Å². The topological polar surface area (TPSA) is 39.5 Å². The number of nitrogens with zero attached hydrogens (tertiary/aromatic N) is 3. The molecule has 1 aromatic heterocycles. The van der Waals surface area contributed by atoms with Gasteiger partial charge in [-0.1, -0.05) is 49.7 Å². The second kappa shape index (κ2) is 11.4. The molecular formula is C30H32FN3O2. The van der Waals surface area contributed by atoms with E-state index in [1.807, 2.05) is 24.4 Å². The maximum absolute atomic E-state index is 13.5. The van der Waals surface area contributed by atoms with E-state index in [-0.39, 0.29) is 12.6 Å². The van der Waals surface area contributed by atoms with Crippen LogP contribution in [0.3, 0.4) is 0 Å². The van der Waals surface area contributed by atoms with Crippen LogP contribution in [0.1, 0.15) is 36.6 Å². The quantitative estimate of drug-likeness (QED) is 0.244. The van der Waals surface area contributed by atoms with Crippen LogP contribution >= 0.6 is 0 Å². The standard InChI is InChI=1S/C30H32FN3O2/c1-2-3-16-34-27(19-32-30(34)25-10-12-26(31)13-11-25)15-17-33(20-23-7-5-4-6-8-23)21-24-9-14-28-29(18-24)36-22-35-28/h4-14,18-19H,2-3,15-17,20-22H2,1H3. The van der Waals surface area contributed by atoms with Crippen LogP contribution in [0.25, 0.3) is 11.4 Å². The highest BCUT2D eigenvalue weighted by Gasteiger charge is 2.17. The molecule has 1 aliphatic rings. The van der Waals surface area contributed by atoms with Crippen LogP contribution in [0.5, 0.6) is 11.5 Å². The van der Waals surface area contributed by atoms with E-state index in [4.69, 9.17) is 14.5 Å². The molecule has 2 heterocycles. The van der Waals surface area contributed by atoms with Crippen molar-refractivity contribution >= 4 is 0 Å². The fraction of sp³-hybridized carbons (Fsp3) is 0.300. The summed E-state index contributed by atoms with van der Waals surface area (Å²) in [4.78, 5) is 7.21. The lowest BCUT2D eigenvalue weighted by molar-refractivity contribution is 0.174. The number of imidazole rings is 1. The maximum Gasteiger partial charge on any atom is 0.231 e. The number of rotatable bonds is 11. The van der Waals surface area contributed by atoms with Gasteiger partial charge in [-0.3, -0.25) is 4.90 Å². The molecule has 0 bridgehead atoms. The Morgan fingerprint density at radius 2 is 1.69 bits per heavy atom. The van der Waals surface area contributed by atoms with Gasteiger partial charge in [0.2, 0.25) is 6.79 Å². The van der Waals surface area contributed by atoms with Gasteiger partial charge in [0, 0.05) is 50.1 Å². The van der Waals surface area contributed by atoms with Gasteiger partial charge in [0.05, 0.1) is 0 Å². The predicted octanol–water partition coefficient (Wildman–Crippen LogP) is 6.46. The molecule has 0 N–H and O–H groups in total. The molecule has 0 amide bonds. The van der Waals surface area contributed by atoms with E-state index in [1.54, 1.807) is 0 Å². The summed E-state index contributed by atoms with van der Waals surface area (Å²) in [5, 5.41) is 0. The summed E-state index contributed by atoms with van der Waals surface area (Å²) >= 11 is 0. The Kier molecular flexibility index (Phi) is 7.62. The monoisotopic (exact) mass is 485 g/mol. The lowest BCUT2D eigenvalue weighted by Crippen LogP contribution is -2.26. The first-order valence-corrected chi connectivity index (χ1v) is 12.6. The number of ether oxygens (including phenoxy) is 2. The Morgan fingerprint density at radius 1 is 0.917 bits per heavy atom. The normalized spacial score (nSPS) is 12.4. The van der Waals surface area contributed by atoms with Crippen molar-refractivity contribution in [3.8, 4) is 22.9 Å². The van der Waals surface area contributed by atoms with Crippen molar-refractivity contribution in [3.05, 3.63) is 102 Å². The minimum absolute atomic E-state index is 0.231. The van der Waals surface area contributed by atoms with Gasteiger partial charge in [-0.05, 0) is 53.9 Å². The number of halogens is 1. The second-order valence-corrected chi connectivity index (χ2v) is 9.22. The third-order valence-electron chi connectivity index (χ3n) is 6.55. The first-order chi connectivity index (χ1) is 17.7. The van der Waals surface area contributed by atoms with E-state index in [9.17, 15) is 4.39 Å². The van der Waals surface area contributed by atoms with E-state index in [0.29, 0.717) is 0 Å². The summed E-state index contributed by atoms with van der Waals surface area (Å²) in [6.45, 7) is 5.91. The molecule has 5 nitrogen and oxygen atoms in total. The molecule has 3 aromatic carbocycles. The van der Waals surface area contributed by atoms with Crippen molar-refractivity contribution in [3.63, 3.8) is 0 Å². The van der Waals surface area contributed by atoms with E-state index < -0.39 is 0 Å². The van der Waals surface area contributed by atoms with E-state index in [0.717, 1.165) is 68.3 Å². The van der Waals surface area contributed by atoms with Crippen molar-refractivity contribution in [2.75, 3.05) is 13.3 Å². The van der Waals surface area contributed by atoms with Crippen LogP contribution in [0.15, 0.2) is 79.0 Å². The summed E-state index contributed by atoms with van der Waals surface area (Å²) in [6, 6.07) is 23.4. The third kappa shape index (κ3) is 5.77. The minimum atomic E-state index is -0.231. The highest BCUT2D eigenvalue weighted by atomic mass is 19.1. The third-order valence-corrected chi connectivity index (χ3v) is 6.55. The molecule has 36 heavy (non-hydrogen) atoms. The molecule has 0 saturated heterocycles. The molecule has 0 aliphatic carbocycles. The lowest BCUT2D eigenvalue weighted by atomic mass is 10.1. The smallest absolute Gasteiger partial charge is 0.231 e. The van der Waals surface area contributed by atoms with Crippen LogP contribution in [0.2, 0.25) is 0 Å². The first-order valence-electron chi connectivity index (χ1n) is 12.6. The predicted molar refractivity (Wildman–Crippen MR) is 139 cm³/mol. The minimum Gasteiger partial charge on any atom is -0.454 e. The van der Waals surface area contributed by atoms with Gasteiger partial charge in [-0.2, -0.15) is 0 Å². The Morgan fingerprint density at radius 3 is 2.50 bits per heavy atom. The van der Waals surface area contributed by atoms with Crippen molar-refractivity contribution in [1.82, 2.24) is 14.5 Å². The average molecular weight is 486 g/mol. The Balaban J connectivity index is 1.36.